The van der Waals surface area contributed by atoms with E-state index in [0.717, 1.165) is 21.4 Å². The van der Waals surface area contributed by atoms with Crippen LogP contribution in [0.15, 0.2) is 132 Å². The van der Waals surface area contributed by atoms with Crippen LogP contribution in [0, 0.1) is 0 Å². The molecule has 3 amide bonds. The molecule has 0 aliphatic rings. The van der Waals surface area contributed by atoms with E-state index >= 15 is 0 Å². The van der Waals surface area contributed by atoms with Crippen molar-refractivity contribution in [3.63, 3.8) is 0 Å². The Morgan fingerprint density at radius 3 is 2.29 bits per heavy atom. The van der Waals surface area contributed by atoms with Crippen molar-refractivity contribution in [1.82, 2.24) is 5.32 Å². The summed E-state index contributed by atoms with van der Waals surface area (Å²) in [4.78, 5) is 40.4. The van der Waals surface area contributed by atoms with Gasteiger partial charge < -0.3 is 20.7 Å². The first-order valence-corrected chi connectivity index (χ1v) is 15.4. The van der Waals surface area contributed by atoms with Crippen molar-refractivity contribution < 1.29 is 19.1 Å². The Balaban J connectivity index is 1.29. The van der Waals surface area contributed by atoms with Crippen molar-refractivity contribution in [2.75, 3.05) is 17.2 Å². The summed E-state index contributed by atoms with van der Waals surface area (Å²) in [6, 6.07) is 36.9. The number of hydrogen-bond acceptors (Lipinski definition) is 5. The normalized spacial score (nSPS) is 11.8. The van der Waals surface area contributed by atoms with Crippen LogP contribution < -0.4 is 20.7 Å². The predicted octanol–water partition coefficient (Wildman–Crippen LogP) is 7.77. The largest absolute Gasteiger partial charge is 0.494 e. The van der Waals surface area contributed by atoms with Crippen LogP contribution in [0.5, 0.6) is 5.75 Å². The molecule has 226 valence electrons. The van der Waals surface area contributed by atoms with Gasteiger partial charge in [-0.25, -0.2) is 0 Å². The van der Waals surface area contributed by atoms with Crippen LogP contribution in [-0.4, -0.2) is 29.6 Å². The van der Waals surface area contributed by atoms with Gasteiger partial charge in [0.2, 0.25) is 5.91 Å². The summed E-state index contributed by atoms with van der Waals surface area (Å²) in [6.07, 6.45) is 1.62. The highest BCUT2D eigenvalue weighted by molar-refractivity contribution is 8.00. The minimum absolute atomic E-state index is 0.0777. The molecule has 0 bridgehead atoms. The van der Waals surface area contributed by atoms with E-state index in [4.69, 9.17) is 4.74 Å². The third kappa shape index (κ3) is 8.40. The van der Waals surface area contributed by atoms with E-state index < -0.39 is 17.1 Å². The molecular formula is C37H33N3O4S. The van der Waals surface area contributed by atoms with E-state index in [9.17, 15) is 14.4 Å². The maximum absolute atomic E-state index is 13.5. The van der Waals surface area contributed by atoms with Gasteiger partial charge in [-0.2, -0.15) is 0 Å². The van der Waals surface area contributed by atoms with E-state index in [1.165, 1.54) is 11.8 Å². The molecule has 0 heterocycles. The third-order valence-corrected chi connectivity index (χ3v) is 7.95. The number of fused-ring (bicyclic) bond motifs is 1. The zero-order valence-corrected chi connectivity index (χ0v) is 25.8. The third-order valence-electron chi connectivity index (χ3n) is 6.85. The topological polar surface area (TPSA) is 96.5 Å². The molecule has 1 unspecified atom stereocenters. The molecule has 0 spiro atoms. The van der Waals surface area contributed by atoms with Gasteiger partial charge in [0, 0.05) is 27.2 Å². The minimum atomic E-state index is -0.489. The zero-order chi connectivity index (χ0) is 31.6. The Hall–Kier alpha value is -5.34. The molecule has 0 saturated heterocycles. The summed E-state index contributed by atoms with van der Waals surface area (Å²) < 4.78 is 5.52. The predicted molar refractivity (Wildman–Crippen MR) is 182 cm³/mol. The first kappa shape index (κ1) is 31.1. The maximum atomic E-state index is 13.5. The SMILES string of the molecule is CCOc1ccc(/C=C(/NC(=O)c2ccccc2)C(=O)Nc2cccc(SC(C)C(=O)Nc3cccc4ccccc34)c2)cc1. The van der Waals surface area contributed by atoms with Crippen LogP contribution in [0.4, 0.5) is 11.4 Å². The second-order valence-electron chi connectivity index (χ2n) is 10.1. The highest BCUT2D eigenvalue weighted by Gasteiger charge is 2.18. The first-order valence-electron chi connectivity index (χ1n) is 14.6. The molecule has 0 fully saturated rings. The Labute approximate surface area is 266 Å². The van der Waals surface area contributed by atoms with Crippen LogP contribution in [0.3, 0.4) is 0 Å². The monoisotopic (exact) mass is 615 g/mol. The molecule has 0 saturated carbocycles. The van der Waals surface area contributed by atoms with Gasteiger partial charge in [0.15, 0.2) is 0 Å². The van der Waals surface area contributed by atoms with Crippen LogP contribution in [0.2, 0.25) is 0 Å². The van der Waals surface area contributed by atoms with Gasteiger partial charge in [0.1, 0.15) is 11.4 Å². The number of hydrogen-bond donors (Lipinski definition) is 3. The summed E-state index contributed by atoms with van der Waals surface area (Å²) in [5.74, 6) is -0.311. The number of rotatable bonds is 11. The number of anilines is 2. The number of carbonyl (C=O) groups excluding carboxylic acids is 3. The summed E-state index contributed by atoms with van der Waals surface area (Å²) in [7, 11) is 0. The molecule has 5 rings (SSSR count). The number of amides is 3. The summed E-state index contributed by atoms with van der Waals surface area (Å²) in [6.45, 7) is 4.29. The molecule has 8 heteroatoms. The lowest BCUT2D eigenvalue weighted by Gasteiger charge is -2.15. The highest BCUT2D eigenvalue weighted by atomic mass is 32.2. The summed E-state index contributed by atoms with van der Waals surface area (Å²) in [5, 5.41) is 10.3. The number of benzene rings is 5. The van der Waals surface area contributed by atoms with Gasteiger partial charge in [-0.15, -0.1) is 11.8 Å². The smallest absolute Gasteiger partial charge is 0.272 e. The van der Waals surface area contributed by atoms with Crippen LogP contribution >= 0.6 is 11.8 Å². The quantitative estimate of drug-likeness (QED) is 0.104. The maximum Gasteiger partial charge on any atom is 0.272 e. The molecule has 0 aromatic heterocycles. The van der Waals surface area contributed by atoms with Crippen LogP contribution in [0.1, 0.15) is 29.8 Å². The average molecular weight is 616 g/mol. The van der Waals surface area contributed by atoms with E-state index in [2.05, 4.69) is 16.0 Å². The molecule has 45 heavy (non-hydrogen) atoms. The van der Waals surface area contributed by atoms with Gasteiger partial charge in [0.05, 0.1) is 11.9 Å². The minimum Gasteiger partial charge on any atom is -0.494 e. The van der Waals surface area contributed by atoms with E-state index in [-0.39, 0.29) is 11.6 Å². The fourth-order valence-corrected chi connectivity index (χ4v) is 5.53. The van der Waals surface area contributed by atoms with Crippen LogP contribution in [-0.2, 0) is 9.59 Å². The van der Waals surface area contributed by atoms with Crippen molar-refractivity contribution >= 4 is 57.7 Å². The number of thioether (sulfide) groups is 1. The molecule has 0 aliphatic heterocycles. The van der Waals surface area contributed by atoms with Gasteiger partial charge >= 0.3 is 0 Å². The first-order chi connectivity index (χ1) is 21.9. The number of nitrogens with one attached hydrogen (secondary N) is 3. The molecule has 7 nitrogen and oxygen atoms in total. The lowest BCUT2D eigenvalue weighted by Crippen LogP contribution is -2.30. The van der Waals surface area contributed by atoms with Gasteiger partial charge in [-0.3, -0.25) is 14.4 Å². The summed E-state index contributed by atoms with van der Waals surface area (Å²) >= 11 is 1.38. The van der Waals surface area contributed by atoms with Gasteiger partial charge in [-0.1, -0.05) is 72.8 Å². The van der Waals surface area contributed by atoms with Crippen molar-refractivity contribution in [3.05, 3.63) is 138 Å². The second-order valence-corrected chi connectivity index (χ2v) is 11.6. The standard InChI is InChI=1S/C37H33N3O4S/c1-3-44-30-21-19-26(20-22-30)23-34(40-36(42)28-12-5-4-6-13-28)37(43)38-29-15-10-16-31(24-29)45-25(2)35(41)39-33-18-9-14-27-11-7-8-17-32(27)33/h4-25H,3H2,1-2H3,(H,38,43)(H,39,41)(H,40,42)/b34-23+. The Kier molecular flexibility index (Phi) is 10.3. The lowest BCUT2D eigenvalue weighted by atomic mass is 10.1. The second kappa shape index (κ2) is 14.9. The zero-order valence-electron chi connectivity index (χ0n) is 25.0. The molecule has 0 aliphatic carbocycles. The van der Waals surface area contributed by atoms with Crippen molar-refractivity contribution in [2.45, 2.75) is 24.0 Å². The van der Waals surface area contributed by atoms with Crippen molar-refractivity contribution in [2.24, 2.45) is 0 Å². The van der Waals surface area contributed by atoms with Crippen molar-refractivity contribution in [1.29, 1.82) is 0 Å². The lowest BCUT2D eigenvalue weighted by molar-refractivity contribution is -0.115. The Bertz CT molecular complexity index is 1830. The molecular weight excluding hydrogens is 582 g/mol. The molecule has 0 radical (unpaired) electrons. The van der Waals surface area contributed by atoms with Gasteiger partial charge in [0.25, 0.3) is 11.8 Å². The molecule has 5 aromatic rings. The highest BCUT2D eigenvalue weighted by Crippen LogP contribution is 2.28. The number of ether oxygens (including phenoxy) is 1. The fraction of sp³-hybridized carbons (Fsp3) is 0.108. The molecule has 3 N–H and O–H groups in total. The molecule has 1 atom stereocenters. The van der Waals surface area contributed by atoms with E-state index in [1.807, 2.05) is 98.8 Å². The van der Waals surface area contributed by atoms with Crippen molar-refractivity contribution in [3.8, 4) is 5.75 Å². The van der Waals surface area contributed by atoms with E-state index in [0.29, 0.717) is 29.2 Å². The Morgan fingerprint density at radius 1 is 0.800 bits per heavy atom. The van der Waals surface area contributed by atoms with E-state index in [1.54, 1.807) is 42.5 Å². The average Bonchev–Trinajstić information content (AvgIpc) is 3.06. The fourth-order valence-electron chi connectivity index (χ4n) is 4.61. The number of carbonyl (C=O) groups is 3. The Morgan fingerprint density at radius 2 is 1.51 bits per heavy atom. The molecule has 5 aromatic carbocycles. The summed E-state index contributed by atoms with van der Waals surface area (Å²) in [5.41, 5.74) is 2.51. The van der Waals surface area contributed by atoms with Gasteiger partial charge in [-0.05, 0) is 79.4 Å². The van der Waals surface area contributed by atoms with Crippen LogP contribution in [0.25, 0.3) is 16.8 Å².